The zero-order valence-electron chi connectivity index (χ0n) is 12.4. The molecule has 4 nitrogen and oxygen atoms in total. The second kappa shape index (κ2) is 5.56. The first-order chi connectivity index (χ1) is 10.6. The Balaban J connectivity index is 2.00. The van der Waals surface area contributed by atoms with Crippen LogP contribution in [0.3, 0.4) is 0 Å². The molecule has 0 saturated carbocycles. The van der Waals surface area contributed by atoms with E-state index < -0.39 is 5.92 Å². The van der Waals surface area contributed by atoms with Crippen LogP contribution in [0.15, 0.2) is 53.5 Å². The summed E-state index contributed by atoms with van der Waals surface area (Å²) in [6, 6.07) is 14.2. The fourth-order valence-electron chi connectivity index (χ4n) is 2.70. The van der Waals surface area contributed by atoms with Crippen molar-refractivity contribution in [3.8, 4) is 5.75 Å². The van der Waals surface area contributed by atoms with Crippen molar-refractivity contribution in [2.24, 2.45) is 10.9 Å². The Bertz CT molecular complexity index is 757. The SMILES string of the molecule is COc1ccccc1N=C(C)C1C(=O)c2ccccc2C1=O. The van der Waals surface area contributed by atoms with Gasteiger partial charge in [-0.05, 0) is 19.1 Å². The van der Waals surface area contributed by atoms with Crippen molar-refractivity contribution in [2.75, 3.05) is 7.11 Å². The Morgan fingerprint density at radius 1 is 0.955 bits per heavy atom. The van der Waals surface area contributed by atoms with Gasteiger partial charge in [-0.25, -0.2) is 0 Å². The van der Waals surface area contributed by atoms with Gasteiger partial charge < -0.3 is 4.74 Å². The fraction of sp³-hybridized carbons (Fsp3) is 0.167. The largest absolute Gasteiger partial charge is 0.494 e. The second-order valence-corrected chi connectivity index (χ2v) is 5.13. The normalized spacial score (nSPS) is 15.1. The van der Waals surface area contributed by atoms with Gasteiger partial charge in [0.15, 0.2) is 11.6 Å². The highest BCUT2D eigenvalue weighted by atomic mass is 16.5. The van der Waals surface area contributed by atoms with Crippen LogP contribution < -0.4 is 4.74 Å². The number of fused-ring (bicyclic) bond motifs is 1. The van der Waals surface area contributed by atoms with Gasteiger partial charge in [-0.3, -0.25) is 14.6 Å². The van der Waals surface area contributed by atoms with Crippen LogP contribution in [0.5, 0.6) is 5.75 Å². The summed E-state index contributed by atoms with van der Waals surface area (Å²) in [5.41, 5.74) is 2.05. The van der Waals surface area contributed by atoms with E-state index in [-0.39, 0.29) is 11.6 Å². The minimum absolute atomic E-state index is 0.184. The lowest BCUT2D eigenvalue weighted by Gasteiger charge is -2.09. The third-order valence-corrected chi connectivity index (χ3v) is 3.78. The van der Waals surface area contributed by atoms with Crippen LogP contribution in [0.25, 0.3) is 0 Å². The number of carbonyl (C=O) groups excluding carboxylic acids is 2. The van der Waals surface area contributed by atoms with Gasteiger partial charge in [0.1, 0.15) is 17.4 Å². The number of hydrogen-bond donors (Lipinski definition) is 0. The molecular formula is C18H15NO3. The van der Waals surface area contributed by atoms with Crippen LogP contribution in [0.1, 0.15) is 27.6 Å². The molecule has 0 N–H and O–H groups in total. The van der Waals surface area contributed by atoms with Gasteiger partial charge in [0.25, 0.3) is 0 Å². The lowest BCUT2D eigenvalue weighted by atomic mass is 9.98. The third-order valence-electron chi connectivity index (χ3n) is 3.78. The van der Waals surface area contributed by atoms with E-state index in [0.29, 0.717) is 28.3 Å². The Morgan fingerprint density at radius 2 is 1.50 bits per heavy atom. The van der Waals surface area contributed by atoms with Crippen LogP contribution in [0.2, 0.25) is 0 Å². The summed E-state index contributed by atoms with van der Waals surface area (Å²) in [7, 11) is 1.56. The third kappa shape index (κ3) is 2.22. The molecule has 0 heterocycles. The van der Waals surface area contributed by atoms with Gasteiger partial charge in [0, 0.05) is 16.8 Å². The first-order valence-electron chi connectivity index (χ1n) is 6.99. The van der Waals surface area contributed by atoms with Crippen molar-refractivity contribution in [1.82, 2.24) is 0 Å². The molecule has 4 heteroatoms. The summed E-state index contributed by atoms with van der Waals surface area (Å²) in [6.07, 6.45) is 0. The standard InChI is InChI=1S/C18H15NO3/c1-11(19-14-9-5-6-10-15(14)22-2)16-17(20)12-7-3-4-8-13(12)18(16)21/h3-10,16H,1-2H3. The Labute approximate surface area is 128 Å². The van der Waals surface area contributed by atoms with Crippen molar-refractivity contribution in [2.45, 2.75) is 6.92 Å². The average Bonchev–Trinajstić information content (AvgIpc) is 2.80. The van der Waals surface area contributed by atoms with Crippen LogP contribution in [0, 0.1) is 5.92 Å². The van der Waals surface area contributed by atoms with E-state index in [1.54, 1.807) is 50.4 Å². The molecule has 0 bridgehead atoms. The fourth-order valence-corrected chi connectivity index (χ4v) is 2.70. The molecule has 1 aliphatic rings. The predicted octanol–water partition coefficient (Wildman–Crippen LogP) is 3.48. The molecule has 0 radical (unpaired) electrons. The van der Waals surface area contributed by atoms with E-state index in [2.05, 4.69) is 4.99 Å². The maximum atomic E-state index is 12.5. The molecule has 22 heavy (non-hydrogen) atoms. The first-order valence-corrected chi connectivity index (χ1v) is 6.99. The maximum Gasteiger partial charge on any atom is 0.180 e. The maximum absolute atomic E-state index is 12.5. The minimum Gasteiger partial charge on any atom is -0.494 e. The molecule has 3 rings (SSSR count). The van der Waals surface area contributed by atoms with E-state index in [4.69, 9.17) is 4.74 Å². The van der Waals surface area contributed by atoms with E-state index in [1.807, 2.05) is 12.1 Å². The highest BCUT2D eigenvalue weighted by molar-refractivity contribution is 6.36. The lowest BCUT2D eigenvalue weighted by Crippen LogP contribution is -2.23. The summed E-state index contributed by atoms with van der Waals surface area (Å²) in [6.45, 7) is 1.71. The topological polar surface area (TPSA) is 55.7 Å². The highest BCUT2D eigenvalue weighted by Gasteiger charge is 2.40. The van der Waals surface area contributed by atoms with E-state index in [0.717, 1.165) is 0 Å². The van der Waals surface area contributed by atoms with Gasteiger partial charge in [-0.2, -0.15) is 0 Å². The summed E-state index contributed by atoms with van der Waals surface area (Å²) < 4.78 is 5.25. The monoisotopic (exact) mass is 293 g/mol. The zero-order valence-corrected chi connectivity index (χ0v) is 12.4. The van der Waals surface area contributed by atoms with Gasteiger partial charge in [0.05, 0.1) is 7.11 Å². The number of hydrogen-bond acceptors (Lipinski definition) is 4. The van der Waals surface area contributed by atoms with Gasteiger partial charge in [-0.1, -0.05) is 36.4 Å². The van der Waals surface area contributed by atoms with Crippen molar-refractivity contribution < 1.29 is 14.3 Å². The number of ketones is 2. The molecule has 2 aromatic rings. The minimum atomic E-state index is -0.831. The Hall–Kier alpha value is -2.75. The number of rotatable bonds is 3. The number of Topliss-reactive ketones (excluding diaryl/α,β-unsaturated/α-hetero) is 2. The number of methoxy groups -OCH3 is 1. The van der Waals surface area contributed by atoms with Crippen LogP contribution in [-0.4, -0.2) is 24.4 Å². The molecule has 0 atom stereocenters. The predicted molar refractivity (Wildman–Crippen MR) is 84.4 cm³/mol. The average molecular weight is 293 g/mol. The molecule has 0 aliphatic heterocycles. The molecule has 110 valence electrons. The van der Waals surface area contributed by atoms with Crippen LogP contribution in [-0.2, 0) is 0 Å². The number of ether oxygens (including phenoxy) is 1. The van der Waals surface area contributed by atoms with Gasteiger partial charge >= 0.3 is 0 Å². The number of aliphatic imine (C=N–C) groups is 1. The Morgan fingerprint density at radius 3 is 2.09 bits per heavy atom. The van der Waals surface area contributed by atoms with Gasteiger partial charge in [0.2, 0.25) is 0 Å². The summed E-state index contributed by atoms with van der Waals surface area (Å²) in [4.78, 5) is 29.4. The quantitative estimate of drug-likeness (QED) is 0.643. The molecule has 2 aromatic carbocycles. The molecule has 0 fully saturated rings. The summed E-state index contributed by atoms with van der Waals surface area (Å²) in [5.74, 6) is -0.590. The molecule has 0 aromatic heterocycles. The second-order valence-electron chi connectivity index (χ2n) is 5.13. The number of para-hydroxylation sites is 2. The summed E-state index contributed by atoms with van der Waals surface area (Å²) >= 11 is 0. The molecule has 0 amide bonds. The zero-order chi connectivity index (χ0) is 15.7. The Kier molecular flexibility index (Phi) is 3.59. The van der Waals surface area contributed by atoms with Crippen LogP contribution in [0.4, 0.5) is 5.69 Å². The van der Waals surface area contributed by atoms with Crippen molar-refractivity contribution in [3.05, 3.63) is 59.7 Å². The van der Waals surface area contributed by atoms with E-state index >= 15 is 0 Å². The molecule has 0 unspecified atom stereocenters. The van der Waals surface area contributed by atoms with Gasteiger partial charge in [-0.15, -0.1) is 0 Å². The number of nitrogens with zero attached hydrogens (tertiary/aromatic N) is 1. The number of benzene rings is 2. The van der Waals surface area contributed by atoms with Crippen molar-refractivity contribution in [3.63, 3.8) is 0 Å². The van der Waals surface area contributed by atoms with Crippen LogP contribution >= 0.6 is 0 Å². The van der Waals surface area contributed by atoms with E-state index in [1.165, 1.54) is 0 Å². The first kappa shape index (κ1) is 14.2. The van der Waals surface area contributed by atoms with Crippen molar-refractivity contribution in [1.29, 1.82) is 0 Å². The number of carbonyl (C=O) groups is 2. The summed E-state index contributed by atoms with van der Waals surface area (Å²) in [5, 5.41) is 0. The molecular weight excluding hydrogens is 278 g/mol. The van der Waals surface area contributed by atoms with E-state index in [9.17, 15) is 9.59 Å². The molecule has 1 aliphatic carbocycles. The highest BCUT2D eigenvalue weighted by Crippen LogP contribution is 2.31. The van der Waals surface area contributed by atoms with Crippen molar-refractivity contribution >= 4 is 23.0 Å². The lowest BCUT2D eigenvalue weighted by molar-refractivity contribution is 0.0883. The smallest absolute Gasteiger partial charge is 0.180 e. The molecule has 0 spiro atoms. The molecule has 0 saturated heterocycles.